The Morgan fingerprint density at radius 2 is 2.04 bits per heavy atom. The van der Waals surface area contributed by atoms with E-state index in [9.17, 15) is 4.79 Å². The molecule has 2 fully saturated rings. The number of methoxy groups -OCH3 is 1. The largest absolute Gasteiger partial charge is 0.383 e. The van der Waals surface area contributed by atoms with Crippen molar-refractivity contribution in [2.75, 3.05) is 39.9 Å². The van der Waals surface area contributed by atoms with E-state index in [-0.39, 0.29) is 5.41 Å². The highest BCUT2D eigenvalue weighted by molar-refractivity contribution is 5.77. The van der Waals surface area contributed by atoms with E-state index in [1.54, 1.807) is 7.11 Å². The summed E-state index contributed by atoms with van der Waals surface area (Å²) in [6, 6.07) is 6.77. The molecule has 1 spiro atoms. The lowest BCUT2D eigenvalue weighted by Gasteiger charge is -2.48. The summed E-state index contributed by atoms with van der Waals surface area (Å²) >= 11 is 0. The van der Waals surface area contributed by atoms with Gasteiger partial charge in [0.1, 0.15) is 0 Å². The van der Waals surface area contributed by atoms with E-state index in [1.807, 2.05) is 4.90 Å². The molecular formula is C21H32N2O2. The second kappa shape index (κ2) is 7.88. The lowest BCUT2D eigenvalue weighted by Crippen LogP contribution is -2.54. The van der Waals surface area contributed by atoms with Gasteiger partial charge in [0.2, 0.25) is 5.91 Å². The van der Waals surface area contributed by atoms with Gasteiger partial charge in [-0.2, -0.15) is 0 Å². The third-order valence-corrected chi connectivity index (χ3v) is 5.95. The molecule has 0 aromatic heterocycles. The van der Waals surface area contributed by atoms with Crippen LogP contribution in [0.25, 0.3) is 0 Å². The molecule has 1 atom stereocenters. The van der Waals surface area contributed by atoms with Crippen molar-refractivity contribution in [2.45, 2.75) is 46.1 Å². The van der Waals surface area contributed by atoms with Gasteiger partial charge >= 0.3 is 0 Å². The van der Waals surface area contributed by atoms with Crippen molar-refractivity contribution < 1.29 is 9.53 Å². The molecule has 1 aromatic carbocycles. The smallest absolute Gasteiger partial charge is 0.222 e. The molecule has 25 heavy (non-hydrogen) atoms. The highest BCUT2D eigenvalue weighted by atomic mass is 16.5. The van der Waals surface area contributed by atoms with Gasteiger partial charge in [0.25, 0.3) is 0 Å². The van der Waals surface area contributed by atoms with E-state index in [0.717, 1.165) is 32.6 Å². The van der Waals surface area contributed by atoms with Gasteiger partial charge in [0.05, 0.1) is 6.61 Å². The molecule has 3 rings (SSSR count). The van der Waals surface area contributed by atoms with Crippen LogP contribution in [0.5, 0.6) is 0 Å². The maximum Gasteiger partial charge on any atom is 0.222 e. The zero-order valence-corrected chi connectivity index (χ0v) is 16.0. The van der Waals surface area contributed by atoms with Crippen LogP contribution in [0.1, 0.15) is 42.4 Å². The second-order valence-electron chi connectivity index (χ2n) is 8.05. The molecule has 0 aliphatic carbocycles. The van der Waals surface area contributed by atoms with Crippen molar-refractivity contribution >= 4 is 5.91 Å². The molecule has 0 N–H and O–H groups in total. The first kappa shape index (κ1) is 18.4. The fourth-order valence-electron chi connectivity index (χ4n) is 4.55. The Hall–Kier alpha value is -1.39. The summed E-state index contributed by atoms with van der Waals surface area (Å²) in [6.45, 7) is 9.94. The van der Waals surface area contributed by atoms with Crippen molar-refractivity contribution in [3.05, 3.63) is 34.9 Å². The molecule has 4 nitrogen and oxygen atoms in total. The number of hydrogen-bond donors (Lipinski definition) is 0. The summed E-state index contributed by atoms with van der Waals surface area (Å²) in [5.74, 6) is 0.300. The minimum atomic E-state index is 0.276. The number of piperidine rings is 2. The first-order chi connectivity index (χ1) is 12.0. The van der Waals surface area contributed by atoms with E-state index in [2.05, 4.69) is 36.9 Å². The zero-order valence-electron chi connectivity index (χ0n) is 16.0. The van der Waals surface area contributed by atoms with Crippen molar-refractivity contribution in [1.29, 1.82) is 0 Å². The van der Waals surface area contributed by atoms with Crippen molar-refractivity contribution in [1.82, 2.24) is 9.80 Å². The third-order valence-electron chi connectivity index (χ3n) is 5.95. The quantitative estimate of drug-likeness (QED) is 0.822. The van der Waals surface area contributed by atoms with Gasteiger partial charge in [-0.25, -0.2) is 0 Å². The van der Waals surface area contributed by atoms with Crippen molar-refractivity contribution in [3.8, 4) is 0 Å². The van der Waals surface area contributed by atoms with Crippen LogP contribution in [-0.4, -0.2) is 55.6 Å². The number of aryl methyl sites for hydroxylation is 2. The fourth-order valence-corrected chi connectivity index (χ4v) is 4.55. The molecule has 1 aromatic rings. The molecule has 0 bridgehead atoms. The van der Waals surface area contributed by atoms with Crippen LogP contribution in [0.4, 0.5) is 0 Å². The van der Waals surface area contributed by atoms with Crippen LogP contribution in [-0.2, 0) is 16.1 Å². The number of amides is 1. The highest BCUT2D eigenvalue weighted by Gasteiger charge is 2.41. The molecule has 2 aliphatic rings. The second-order valence-corrected chi connectivity index (χ2v) is 8.05. The number of ether oxygens (including phenoxy) is 1. The number of benzene rings is 1. The van der Waals surface area contributed by atoms with Gasteiger partial charge < -0.3 is 9.64 Å². The van der Waals surface area contributed by atoms with E-state index >= 15 is 0 Å². The molecule has 1 amide bonds. The van der Waals surface area contributed by atoms with Crippen LogP contribution in [0, 0.1) is 19.3 Å². The van der Waals surface area contributed by atoms with E-state index in [4.69, 9.17) is 4.74 Å². The minimum absolute atomic E-state index is 0.276. The number of nitrogens with zero attached hydrogens (tertiary/aromatic N) is 2. The Labute approximate surface area is 152 Å². The first-order valence-electron chi connectivity index (χ1n) is 9.57. The average molecular weight is 344 g/mol. The Morgan fingerprint density at radius 1 is 1.20 bits per heavy atom. The number of carbonyl (C=O) groups is 1. The van der Waals surface area contributed by atoms with E-state index in [1.165, 1.54) is 36.1 Å². The maximum absolute atomic E-state index is 12.2. The van der Waals surface area contributed by atoms with E-state index in [0.29, 0.717) is 18.9 Å². The number of likely N-dealkylation sites (tertiary alicyclic amines) is 2. The predicted octanol–water partition coefficient (Wildman–Crippen LogP) is 3.15. The lowest BCUT2D eigenvalue weighted by molar-refractivity contribution is -0.140. The Morgan fingerprint density at radius 3 is 2.80 bits per heavy atom. The summed E-state index contributed by atoms with van der Waals surface area (Å²) < 4.78 is 5.19. The van der Waals surface area contributed by atoms with Gasteiger partial charge in [-0.3, -0.25) is 9.69 Å². The fraction of sp³-hybridized carbons (Fsp3) is 0.667. The molecule has 1 unspecified atom stereocenters. The molecule has 2 heterocycles. The highest BCUT2D eigenvalue weighted by Crippen LogP contribution is 2.39. The molecule has 138 valence electrons. The summed E-state index contributed by atoms with van der Waals surface area (Å²) in [5, 5.41) is 0. The van der Waals surface area contributed by atoms with Gasteiger partial charge in [0, 0.05) is 45.1 Å². The van der Waals surface area contributed by atoms with Crippen molar-refractivity contribution in [3.63, 3.8) is 0 Å². The van der Waals surface area contributed by atoms with E-state index < -0.39 is 0 Å². The monoisotopic (exact) mass is 344 g/mol. The standard InChI is InChI=1S/C21H32N2O2/c1-17-5-6-19(18(2)13-17)14-22-10-4-8-21(15-22)9-7-20(24)23(16-21)11-12-25-3/h5-6,13H,4,7-12,14-16H2,1-3H3. The van der Waals surface area contributed by atoms with Gasteiger partial charge in [-0.1, -0.05) is 23.8 Å². The number of carbonyl (C=O) groups excluding carboxylic acids is 1. The predicted molar refractivity (Wildman–Crippen MR) is 101 cm³/mol. The first-order valence-corrected chi connectivity index (χ1v) is 9.57. The van der Waals surface area contributed by atoms with Crippen LogP contribution in [0.15, 0.2) is 18.2 Å². The molecule has 2 saturated heterocycles. The molecule has 4 heteroatoms. The third kappa shape index (κ3) is 4.42. The van der Waals surface area contributed by atoms with Gasteiger partial charge in [-0.15, -0.1) is 0 Å². The Balaban J connectivity index is 1.66. The minimum Gasteiger partial charge on any atom is -0.383 e. The van der Waals surface area contributed by atoms with Crippen LogP contribution in [0.3, 0.4) is 0 Å². The number of rotatable bonds is 5. The van der Waals surface area contributed by atoms with Gasteiger partial charge in [0.15, 0.2) is 0 Å². The van der Waals surface area contributed by atoms with Gasteiger partial charge in [-0.05, 0) is 50.8 Å². The van der Waals surface area contributed by atoms with Crippen LogP contribution < -0.4 is 0 Å². The number of hydrogen-bond acceptors (Lipinski definition) is 3. The molecular weight excluding hydrogens is 312 g/mol. The van der Waals surface area contributed by atoms with Crippen LogP contribution >= 0.6 is 0 Å². The summed E-state index contributed by atoms with van der Waals surface area (Å²) in [6.07, 6.45) is 4.21. The molecule has 0 radical (unpaired) electrons. The zero-order chi connectivity index (χ0) is 17.9. The topological polar surface area (TPSA) is 32.8 Å². The Bertz CT molecular complexity index is 616. The SMILES string of the molecule is COCCN1CC2(CCCN(Cc3ccc(C)cc3C)C2)CCC1=O. The van der Waals surface area contributed by atoms with Crippen molar-refractivity contribution in [2.24, 2.45) is 5.41 Å². The summed E-state index contributed by atoms with van der Waals surface area (Å²) in [7, 11) is 1.70. The molecule has 0 saturated carbocycles. The normalized spacial score (nSPS) is 24.9. The summed E-state index contributed by atoms with van der Waals surface area (Å²) in [4.78, 5) is 16.9. The summed E-state index contributed by atoms with van der Waals surface area (Å²) in [5.41, 5.74) is 4.43. The molecule has 2 aliphatic heterocycles. The Kier molecular flexibility index (Phi) is 5.80. The average Bonchev–Trinajstić information content (AvgIpc) is 2.59. The maximum atomic E-state index is 12.2. The van der Waals surface area contributed by atoms with Crippen LogP contribution in [0.2, 0.25) is 0 Å². The lowest BCUT2D eigenvalue weighted by atomic mass is 9.73.